The van der Waals surface area contributed by atoms with Crippen LogP contribution in [0.4, 0.5) is 13.2 Å². The van der Waals surface area contributed by atoms with Gasteiger partial charge in [-0.3, -0.25) is 4.79 Å². The molecule has 0 saturated heterocycles. The Morgan fingerprint density at radius 1 is 1.27 bits per heavy atom. The van der Waals surface area contributed by atoms with Gasteiger partial charge in [-0.1, -0.05) is 42.1 Å². The molecule has 1 heterocycles. The van der Waals surface area contributed by atoms with Gasteiger partial charge in [-0.05, 0) is 18.6 Å². The highest BCUT2D eigenvalue weighted by Crippen LogP contribution is 2.41. The first-order chi connectivity index (χ1) is 12.1. The summed E-state index contributed by atoms with van der Waals surface area (Å²) in [5, 5.41) is 8.37. The predicted molar refractivity (Wildman–Crippen MR) is 92.4 cm³/mol. The van der Waals surface area contributed by atoms with Crippen LogP contribution in [0.3, 0.4) is 0 Å². The zero-order chi connectivity index (χ0) is 19.5. The molecule has 26 heavy (non-hydrogen) atoms. The van der Waals surface area contributed by atoms with E-state index >= 15 is 0 Å². The molecule has 1 aromatic heterocycles. The van der Waals surface area contributed by atoms with Crippen molar-refractivity contribution in [1.29, 1.82) is 5.26 Å². The van der Waals surface area contributed by atoms with E-state index in [1.165, 1.54) is 11.8 Å². The Morgan fingerprint density at radius 2 is 1.88 bits per heavy atom. The first-order valence-corrected chi connectivity index (χ1v) is 8.44. The maximum atomic E-state index is 13.3. The highest BCUT2D eigenvalue weighted by atomic mass is 32.2. The average Bonchev–Trinajstić information content (AvgIpc) is 2.58. The summed E-state index contributed by atoms with van der Waals surface area (Å²) in [5.74, 6) is -0.304. The molecular formula is C18H16F3N3OS. The van der Waals surface area contributed by atoms with Crippen molar-refractivity contribution in [3.8, 4) is 6.07 Å². The van der Waals surface area contributed by atoms with E-state index in [1.54, 1.807) is 50.5 Å². The van der Waals surface area contributed by atoms with E-state index in [9.17, 15) is 23.2 Å². The van der Waals surface area contributed by atoms with Gasteiger partial charge in [0.15, 0.2) is 0 Å². The Morgan fingerprint density at radius 3 is 2.38 bits per heavy atom. The van der Waals surface area contributed by atoms with Gasteiger partial charge in [-0.2, -0.15) is 18.4 Å². The SMILES string of the molecule is Cc1cc(C(F)(F)F)c(C#N)c(SC(C(=O)N(C)C)c2ccccc2)n1. The number of hydrogen-bond acceptors (Lipinski definition) is 4. The van der Waals surface area contributed by atoms with Crippen LogP contribution >= 0.6 is 11.8 Å². The maximum Gasteiger partial charge on any atom is 0.417 e. The van der Waals surface area contributed by atoms with E-state index < -0.39 is 22.6 Å². The lowest BCUT2D eigenvalue weighted by Crippen LogP contribution is -2.27. The minimum Gasteiger partial charge on any atom is -0.348 e. The van der Waals surface area contributed by atoms with Crippen LogP contribution in [-0.2, 0) is 11.0 Å². The number of hydrogen-bond donors (Lipinski definition) is 0. The van der Waals surface area contributed by atoms with Crippen molar-refractivity contribution in [3.05, 3.63) is 58.8 Å². The van der Waals surface area contributed by atoms with Crippen molar-refractivity contribution in [2.75, 3.05) is 14.1 Å². The molecule has 0 bridgehead atoms. The molecule has 1 atom stereocenters. The molecule has 0 spiro atoms. The number of aromatic nitrogens is 1. The number of thioether (sulfide) groups is 1. The van der Waals surface area contributed by atoms with Crippen LogP contribution in [0, 0.1) is 18.3 Å². The second-order valence-corrected chi connectivity index (χ2v) is 6.84. The minimum absolute atomic E-state index is 0.108. The van der Waals surface area contributed by atoms with Crippen LogP contribution in [0.25, 0.3) is 0 Å². The zero-order valence-electron chi connectivity index (χ0n) is 14.3. The Bertz CT molecular complexity index is 845. The standard InChI is InChI=1S/C18H16F3N3OS/c1-11-9-14(18(19,20)21)13(10-22)16(23-11)26-15(17(25)24(2)3)12-7-5-4-6-8-12/h4-9,15H,1-3H3. The molecule has 0 fully saturated rings. The number of carbonyl (C=O) groups is 1. The summed E-state index contributed by atoms with van der Waals surface area (Å²) >= 11 is 0.849. The summed E-state index contributed by atoms with van der Waals surface area (Å²) in [7, 11) is 3.13. The van der Waals surface area contributed by atoms with Gasteiger partial charge in [-0.25, -0.2) is 4.98 Å². The molecular weight excluding hydrogens is 363 g/mol. The average molecular weight is 379 g/mol. The summed E-state index contributed by atoms with van der Waals surface area (Å²) in [6.07, 6.45) is -4.68. The van der Waals surface area contributed by atoms with Gasteiger partial charge in [0.25, 0.3) is 0 Å². The van der Waals surface area contributed by atoms with Gasteiger partial charge in [0.2, 0.25) is 5.91 Å². The number of aryl methyl sites for hydroxylation is 1. The second kappa shape index (κ2) is 7.79. The normalized spacial score (nSPS) is 12.3. The number of nitriles is 1. The van der Waals surface area contributed by atoms with E-state index in [2.05, 4.69) is 4.98 Å². The molecule has 136 valence electrons. The lowest BCUT2D eigenvalue weighted by molar-refractivity contribution is -0.138. The largest absolute Gasteiger partial charge is 0.417 e. The molecule has 4 nitrogen and oxygen atoms in total. The van der Waals surface area contributed by atoms with Crippen molar-refractivity contribution in [1.82, 2.24) is 9.88 Å². The lowest BCUT2D eigenvalue weighted by atomic mass is 10.1. The Labute approximate surface area is 153 Å². The van der Waals surface area contributed by atoms with Crippen LogP contribution in [-0.4, -0.2) is 29.9 Å². The topological polar surface area (TPSA) is 57.0 Å². The number of benzene rings is 1. The highest BCUT2D eigenvalue weighted by Gasteiger charge is 2.36. The summed E-state index contributed by atoms with van der Waals surface area (Å²) < 4.78 is 39.8. The number of halogens is 3. The summed E-state index contributed by atoms with van der Waals surface area (Å²) in [4.78, 5) is 18.0. The molecule has 0 aliphatic heterocycles. The van der Waals surface area contributed by atoms with Gasteiger partial charge < -0.3 is 4.90 Å². The van der Waals surface area contributed by atoms with E-state index in [0.29, 0.717) is 5.56 Å². The Hall–Kier alpha value is -2.53. The molecule has 1 aromatic carbocycles. The van der Waals surface area contributed by atoms with Crippen molar-refractivity contribution in [2.45, 2.75) is 23.4 Å². The molecule has 0 N–H and O–H groups in total. The summed E-state index contributed by atoms with van der Waals surface area (Å²) in [6.45, 7) is 1.42. The fourth-order valence-corrected chi connectivity index (χ4v) is 3.59. The number of carbonyl (C=O) groups excluding carboxylic acids is 1. The first-order valence-electron chi connectivity index (χ1n) is 7.57. The lowest BCUT2D eigenvalue weighted by Gasteiger charge is -2.21. The number of nitrogens with zero attached hydrogens (tertiary/aromatic N) is 3. The van der Waals surface area contributed by atoms with Crippen LogP contribution < -0.4 is 0 Å². The van der Waals surface area contributed by atoms with Crippen LogP contribution in [0.1, 0.15) is 27.6 Å². The fraction of sp³-hybridized carbons (Fsp3) is 0.278. The molecule has 0 radical (unpaired) electrons. The van der Waals surface area contributed by atoms with Crippen LogP contribution in [0.2, 0.25) is 0 Å². The second-order valence-electron chi connectivity index (χ2n) is 5.74. The quantitative estimate of drug-likeness (QED) is 0.747. The number of rotatable bonds is 4. The molecule has 0 aliphatic rings. The molecule has 0 aliphatic carbocycles. The van der Waals surface area contributed by atoms with Gasteiger partial charge in [0.05, 0.1) is 11.1 Å². The minimum atomic E-state index is -4.68. The summed E-state index contributed by atoms with van der Waals surface area (Å²) in [5.41, 5.74) is -0.861. The molecule has 2 aromatic rings. The highest BCUT2D eigenvalue weighted by molar-refractivity contribution is 8.00. The number of amides is 1. The van der Waals surface area contributed by atoms with Crippen molar-refractivity contribution in [3.63, 3.8) is 0 Å². The Kier molecular flexibility index (Phi) is 5.93. The molecule has 1 amide bonds. The van der Waals surface area contributed by atoms with Gasteiger partial charge in [-0.15, -0.1) is 0 Å². The number of alkyl halides is 3. The third-order valence-corrected chi connectivity index (χ3v) is 4.76. The third-order valence-electron chi connectivity index (χ3n) is 3.53. The van der Waals surface area contributed by atoms with E-state index in [1.807, 2.05) is 0 Å². The van der Waals surface area contributed by atoms with E-state index in [4.69, 9.17) is 0 Å². The molecule has 8 heteroatoms. The fourth-order valence-electron chi connectivity index (χ4n) is 2.30. The zero-order valence-corrected chi connectivity index (χ0v) is 15.1. The van der Waals surface area contributed by atoms with Crippen LogP contribution in [0.15, 0.2) is 41.4 Å². The molecule has 2 rings (SSSR count). The predicted octanol–water partition coefficient (Wildman–Crippen LogP) is 4.20. The maximum absolute atomic E-state index is 13.3. The third kappa shape index (κ3) is 4.35. The molecule has 1 unspecified atom stereocenters. The smallest absolute Gasteiger partial charge is 0.348 e. The van der Waals surface area contributed by atoms with Gasteiger partial charge in [0, 0.05) is 19.8 Å². The van der Waals surface area contributed by atoms with Crippen LogP contribution in [0.5, 0.6) is 0 Å². The van der Waals surface area contributed by atoms with Crippen molar-refractivity contribution >= 4 is 17.7 Å². The van der Waals surface area contributed by atoms with Crippen molar-refractivity contribution in [2.24, 2.45) is 0 Å². The van der Waals surface area contributed by atoms with Gasteiger partial charge in [0.1, 0.15) is 16.3 Å². The first kappa shape index (κ1) is 19.8. The van der Waals surface area contributed by atoms with E-state index in [0.717, 1.165) is 17.8 Å². The van der Waals surface area contributed by atoms with Crippen molar-refractivity contribution < 1.29 is 18.0 Å². The Balaban J connectivity index is 2.57. The number of pyridine rings is 1. The monoisotopic (exact) mass is 379 g/mol. The summed E-state index contributed by atoms with van der Waals surface area (Å²) in [6, 6.07) is 11.1. The molecule has 0 saturated carbocycles. The number of likely N-dealkylation sites (N-methyl/N-ethyl adjacent to an activating group) is 1. The van der Waals surface area contributed by atoms with E-state index in [-0.39, 0.29) is 16.6 Å². The van der Waals surface area contributed by atoms with Gasteiger partial charge >= 0.3 is 6.18 Å².